The number of thiazole rings is 1. The topological polar surface area (TPSA) is 62.3 Å². The number of nitrogens with one attached hydrogen (secondary N) is 1. The van der Waals surface area contributed by atoms with E-state index in [0.29, 0.717) is 27.3 Å². The highest BCUT2D eigenvalue weighted by Crippen LogP contribution is 2.32. The van der Waals surface area contributed by atoms with Gasteiger partial charge in [-0.2, -0.15) is 0 Å². The number of unbranched alkanes of at least 4 members (excludes halogenated alkanes) is 2. The second kappa shape index (κ2) is 12.4. The number of thioether (sulfide) groups is 1. The summed E-state index contributed by atoms with van der Waals surface area (Å²) in [5.74, 6) is -0.0635. The summed E-state index contributed by atoms with van der Waals surface area (Å²) < 4.78 is 0.598. The lowest BCUT2D eigenvalue weighted by atomic mass is 10.1. The number of anilines is 1. The molecule has 0 saturated carbocycles. The lowest BCUT2D eigenvalue weighted by molar-refractivity contribution is -0.122. The molecule has 2 aromatic carbocycles. The SMILES string of the molecule is Cc1ccc(/C=C2\SC(=S)N(CCCCCC(=O)Nc3ncc(Cc4ccc(C)cc4)s3)C2=O)cc1. The average Bonchev–Trinajstić information content (AvgIpc) is 3.40. The minimum atomic E-state index is -0.0338. The maximum Gasteiger partial charge on any atom is 0.266 e. The second-order valence-corrected chi connectivity index (χ2v) is 11.7. The predicted octanol–water partition coefficient (Wildman–Crippen LogP) is 6.75. The third-order valence-electron chi connectivity index (χ3n) is 5.83. The number of rotatable bonds is 10. The second-order valence-electron chi connectivity index (χ2n) is 8.90. The minimum absolute atomic E-state index is 0.0297. The van der Waals surface area contributed by atoms with Gasteiger partial charge in [-0.05, 0) is 43.9 Å². The van der Waals surface area contributed by atoms with Crippen LogP contribution in [0.1, 0.15) is 52.8 Å². The van der Waals surface area contributed by atoms with Crippen LogP contribution in [0.4, 0.5) is 5.13 Å². The number of hydrogen-bond acceptors (Lipinski definition) is 6. The van der Waals surface area contributed by atoms with Gasteiger partial charge in [0.15, 0.2) is 5.13 Å². The summed E-state index contributed by atoms with van der Waals surface area (Å²) in [6, 6.07) is 16.5. The molecule has 4 rings (SSSR count). The molecule has 0 spiro atoms. The Kier molecular flexibility index (Phi) is 9.07. The van der Waals surface area contributed by atoms with Crippen LogP contribution in [-0.4, -0.2) is 32.6 Å². The summed E-state index contributed by atoms with van der Waals surface area (Å²) in [6.07, 6.45) is 7.36. The molecule has 0 unspecified atom stereocenters. The zero-order valence-corrected chi connectivity index (χ0v) is 22.9. The first-order chi connectivity index (χ1) is 17.4. The van der Waals surface area contributed by atoms with E-state index in [4.69, 9.17) is 12.2 Å². The fourth-order valence-electron chi connectivity index (χ4n) is 3.77. The molecule has 1 aliphatic heterocycles. The van der Waals surface area contributed by atoms with Crippen molar-refractivity contribution in [1.29, 1.82) is 0 Å². The summed E-state index contributed by atoms with van der Waals surface area (Å²) in [4.78, 5) is 32.9. The van der Waals surface area contributed by atoms with Crippen molar-refractivity contribution in [3.63, 3.8) is 0 Å². The lowest BCUT2D eigenvalue weighted by Gasteiger charge is -2.14. The van der Waals surface area contributed by atoms with E-state index >= 15 is 0 Å². The highest BCUT2D eigenvalue weighted by atomic mass is 32.2. The lowest BCUT2D eigenvalue weighted by Crippen LogP contribution is -2.29. The molecule has 0 bridgehead atoms. The molecule has 1 N–H and O–H groups in total. The number of nitrogens with zero attached hydrogens (tertiary/aromatic N) is 2. The molecule has 0 atom stereocenters. The van der Waals surface area contributed by atoms with Gasteiger partial charge in [-0.25, -0.2) is 4.98 Å². The summed E-state index contributed by atoms with van der Waals surface area (Å²) in [5.41, 5.74) is 4.65. The van der Waals surface area contributed by atoms with E-state index in [0.717, 1.165) is 36.1 Å². The molecule has 5 nitrogen and oxygen atoms in total. The molecule has 2 amide bonds. The van der Waals surface area contributed by atoms with Crippen LogP contribution in [0.5, 0.6) is 0 Å². The maximum atomic E-state index is 12.8. The standard InChI is InChI=1S/C28H29N3O2S3/c1-19-7-11-21(12-8-19)16-23-18-29-27(35-23)30-25(32)6-4-3-5-15-31-26(33)24(36-28(31)34)17-22-13-9-20(2)10-14-22/h7-14,17-18H,3-6,15-16H2,1-2H3,(H,29,30,32)/b24-17-. The molecule has 8 heteroatoms. The van der Waals surface area contributed by atoms with Crippen molar-refractivity contribution >= 4 is 62.7 Å². The van der Waals surface area contributed by atoms with Gasteiger partial charge in [0, 0.05) is 30.5 Å². The molecule has 36 heavy (non-hydrogen) atoms. The van der Waals surface area contributed by atoms with Gasteiger partial charge in [0.1, 0.15) is 4.32 Å². The van der Waals surface area contributed by atoms with Crippen molar-refractivity contribution in [2.24, 2.45) is 0 Å². The van der Waals surface area contributed by atoms with Crippen molar-refractivity contribution in [1.82, 2.24) is 9.88 Å². The molecule has 1 aromatic heterocycles. The summed E-state index contributed by atoms with van der Waals surface area (Å²) in [7, 11) is 0. The van der Waals surface area contributed by atoms with Gasteiger partial charge in [-0.3, -0.25) is 14.5 Å². The van der Waals surface area contributed by atoms with E-state index in [1.54, 1.807) is 4.90 Å². The van der Waals surface area contributed by atoms with Gasteiger partial charge in [0.25, 0.3) is 5.91 Å². The van der Waals surface area contributed by atoms with Crippen molar-refractivity contribution in [2.75, 3.05) is 11.9 Å². The van der Waals surface area contributed by atoms with Crippen LogP contribution in [0, 0.1) is 13.8 Å². The molecule has 0 radical (unpaired) electrons. The van der Waals surface area contributed by atoms with Gasteiger partial charge in [0.2, 0.25) is 5.91 Å². The third-order valence-corrected chi connectivity index (χ3v) is 8.12. The first-order valence-corrected chi connectivity index (χ1v) is 14.0. The van der Waals surface area contributed by atoms with Crippen LogP contribution < -0.4 is 5.32 Å². The Balaban J connectivity index is 1.16. The monoisotopic (exact) mass is 535 g/mol. The smallest absolute Gasteiger partial charge is 0.266 e. The number of benzene rings is 2. The normalized spacial score (nSPS) is 14.6. The fraction of sp³-hybridized carbons (Fsp3) is 0.286. The number of carbonyl (C=O) groups is 2. The van der Waals surface area contributed by atoms with Crippen LogP contribution in [0.25, 0.3) is 6.08 Å². The molecular weight excluding hydrogens is 507 g/mol. The number of amides is 2. The van der Waals surface area contributed by atoms with Crippen LogP contribution in [0.3, 0.4) is 0 Å². The Morgan fingerprint density at radius 2 is 1.72 bits per heavy atom. The molecule has 1 fully saturated rings. The molecular formula is C28H29N3O2S3. The van der Waals surface area contributed by atoms with Crippen molar-refractivity contribution in [2.45, 2.75) is 46.0 Å². The molecule has 2 heterocycles. The average molecular weight is 536 g/mol. The van der Waals surface area contributed by atoms with E-state index in [9.17, 15) is 9.59 Å². The number of hydrogen-bond donors (Lipinski definition) is 1. The first kappa shape index (κ1) is 26.3. The van der Waals surface area contributed by atoms with Crippen molar-refractivity contribution in [3.8, 4) is 0 Å². The number of thiocarbonyl (C=S) groups is 1. The largest absolute Gasteiger partial charge is 0.302 e. The Morgan fingerprint density at radius 3 is 2.44 bits per heavy atom. The highest BCUT2D eigenvalue weighted by molar-refractivity contribution is 8.26. The van der Waals surface area contributed by atoms with Gasteiger partial charge in [-0.15, -0.1) is 11.3 Å². The molecule has 0 aliphatic carbocycles. The Morgan fingerprint density at radius 1 is 1.03 bits per heavy atom. The van der Waals surface area contributed by atoms with Crippen LogP contribution in [-0.2, 0) is 16.0 Å². The molecule has 1 saturated heterocycles. The van der Waals surface area contributed by atoms with E-state index in [2.05, 4.69) is 41.5 Å². The number of aryl methyl sites for hydroxylation is 2. The van der Waals surface area contributed by atoms with Crippen molar-refractivity contribution in [3.05, 3.63) is 86.8 Å². The van der Waals surface area contributed by atoms with E-state index < -0.39 is 0 Å². The Hall–Kier alpha value is -2.81. The molecule has 1 aliphatic rings. The van der Waals surface area contributed by atoms with Gasteiger partial charge >= 0.3 is 0 Å². The summed E-state index contributed by atoms with van der Waals surface area (Å²) in [5, 5.41) is 3.55. The molecule has 186 valence electrons. The van der Waals surface area contributed by atoms with E-state index in [-0.39, 0.29) is 11.8 Å². The highest BCUT2D eigenvalue weighted by Gasteiger charge is 2.31. The zero-order chi connectivity index (χ0) is 25.5. The van der Waals surface area contributed by atoms with Gasteiger partial charge < -0.3 is 5.32 Å². The first-order valence-electron chi connectivity index (χ1n) is 12.0. The number of aromatic nitrogens is 1. The van der Waals surface area contributed by atoms with E-state index in [1.807, 2.05) is 43.5 Å². The fourth-order valence-corrected chi connectivity index (χ4v) is 5.95. The van der Waals surface area contributed by atoms with Crippen LogP contribution in [0.15, 0.2) is 59.6 Å². The van der Waals surface area contributed by atoms with Crippen LogP contribution >= 0.6 is 35.3 Å². The maximum absolute atomic E-state index is 12.8. The summed E-state index contributed by atoms with van der Waals surface area (Å²) in [6.45, 7) is 4.69. The van der Waals surface area contributed by atoms with Gasteiger partial charge in [-0.1, -0.05) is 90.1 Å². The van der Waals surface area contributed by atoms with Crippen molar-refractivity contribution < 1.29 is 9.59 Å². The number of carbonyl (C=O) groups excluding carboxylic acids is 2. The predicted molar refractivity (Wildman–Crippen MR) is 154 cm³/mol. The zero-order valence-electron chi connectivity index (χ0n) is 20.5. The molecule has 3 aromatic rings. The van der Waals surface area contributed by atoms with E-state index in [1.165, 1.54) is 39.8 Å². The van der Waals surface area contributed by atoms with Crippen LogP contribution in [0.2, 0.25) is 0 Å². The minimum Gasteiger partial charge on any atom is -0.302 e. The Labute approximate surface area is 226 Å². The quantitative estimate of drug-likeness (QED) is 0.177. The summed E-state index contributed by atoms with van der Waals surface area (Å²) >= 11 is 8.30. The Bertz CT molecular complexity index is 1260. The third kappa shape index (κ3) is 7.35. The van der Waals surface area contributed by atoms with Gasteiger partial charge in [0.05, 0.1) is 4.91 Å².